The zero-order valence-electron chi connectivity index (χ0n) is 14.3. The Labute approximate surface area is 153 Å². The number of hydrogen-bond donors (Lipinski definition) is 2. The SMILES string of the molecule is CC(C)(C)NC(=O)c1ccc(S(=O)(=O)NCc2ccc(Cl)cc2)cc1. The van der Waals surface area contributed by atoms with Gasteiger partial charge in [-0.25, -0.2) is 13.1 Å². The van der Waals surface area contributed by atoms with Crippen molar-refractivity contribution in [2.45, 2.75) is 37.8 Å². The molecule has 0 radical (unpaired) electrons. The topological polar surface area (TPSA) is 75.3 Å². The van der Waals surface area contributed by atoms with Crippen LogP contribution in [0.25, 0.3) is 0 Å². The molecule has 0 bridgehead atoms. The average molecular weight is 381 g/mol. The van der Waals surface area contributed by atoms with Crippen LogP contribution in [0, 0.1) is 0 Å². The predicted octanol–water partition coefficient (Wildman–Crippen LogP) is 3.35. The van der Waals surface area contributed by atoms with E-state index in [0.717, 1.165) is 5.56 Å². The molecule has 5 nitrogen and oxygen atoms in total. The molecule has 0 saturated heterocycles. The van der Waals surface area contributed by atoms with E-state index < -0.39 is 10.0 Å². The van der Waals surface area contributed by atoms with Crippen molar-refractivity contribution in [1.29, 1.82) is 0 Å². The van der Waals surface area contributed by atoms with Gasteiger partial charge in [-0.15, -0.1) is 0 Å². The number of halogens is 1. The van der Waals surface area contributed by atoms with E-state index in [1.807, 2.05) is 20.8 Å². The third kappa shape index (κ3) is 5.85. The molecule has 0 aliphatic carbocycles. The molecule has 2 aromatic carbocycles. The maximum atomic E-state index is 12.3. The van der Waals surface area contributed by atoms with E-state index in [1.54, 1.807) is 24.3 Å². The normalized spacial score (nSPS) is 12.0. The summed E-state index contributed by atoms with van der Waals surface area (Å²) in [6.45, 7) is 5.80. The highest BCUT2D eigenvalue weighted by Gasteiger charge is 2.17. The molecule has 0 heterocycles. The molecule has 25 heavy (non-hydrogen) atoms. The van der Waals surface area contributed by atoms with Crippen LogP contribution < -0.4 is 10.0 Å². The standard InChI is InChI=1S/C18H21ClN2O3S/c1-18(2,3)21-17(22)14-6-10-16(11-7-14)25(23,24)20-12-13-4-8-15(19)9-5-13/h4-11,20H,12H2,1-3H3,(H,21,22). The molecule has 0 atom stereocenters. The summed E-state index contributed by atoms with van der Waals surface area (Å²) in [7, 11) is -3.66. The molecule has 0 fully saturated rings. The van der Waals surface area contributed by atoms with Gasteiger partial charge in [0.25, 0.3) is 5.91 Å². The van der Waals surface area contributed by atoms with E-state index in [0.29, 0.717) is 10.6 Å². The third-order valence-corrected chi connectivity index (χ3v) is 4.96. The first-order valence-electron chi connectivity index (χ1n) is 7.73. The second kappa shape index (κ2) is 7.56. The minimum absolute atomic E-state index is 0.105. The Morgan fingerprint density at radius 3 is 2.08 bits per heavy atom. The second-order valence-electron chi connectivity index (χ2n) is 6.68. The maximum absolute atomic E-state index is 12.3. The molecule has 0 aliphatic rings. The summed E-state index contributed by atoms with van der Waals surface area (Å²) < 4.78 is 27.2. The Morgan fingerprint density at radius 1 is 1.00 bits per heavy atom. The highest BCUT2D eigenvalue weighted by molar-refractivity contribution is 7.89. The fourth-order valence-corrected chi connectivity index (χ4v) is 3.21. The summed E-state index contributed by atoms with van der Waals surface area (Å²) >= 11 is 5.81. The average Bonchev–Trinajstić information content (AvgIpc) is 2.53. The molecule has 0 saturated carbocycles. The van der Waals surface area contributed by atoms with Crippen LogP contribution in [-0.4, -0.2) is 19.9 Å². The van der Waals surface area contributed by atoms with Crippen LogP contribution in [0.5, 0.6) is 0 Å². The molecule has 7 heteroatoms. The zero-order chi connectivity index (χ0) is 18.7. The number of benzene rings is 2. The monoisotopic (exact) mass is 380 g/mol. The van der Waals surface area contributed by atoms with Gasteiger partial charge in [0.1, 0.15) is 0 Å². The van der Waals surface area contributed by atoms with Crippen LogP contribution in [0.1, 0.15) is 36.7 Å². The Hall–Kier alpha value is -1.89. The van der Waals surface area contributed by atoms with E-state index in [4.69, 9.17) is 11.6 Å². The molecule has 1 amide bonds. The minimum atomic E-state index is -3.66. The van der Waals surface area contributed by atoms with Gasteiger partial charge in [0.15, 0.2) is 0 Å². The lowest BCUT2D eigenvalue weighted by Crippen LogP contribution is -2.40. The first-order valence-corrected chi connectivity index (χ1v) is 9.60. The van der Waals surface area contributed by atoms with E-state index >= 15 is 0 Å². The van der Waals surface area contributed by atoms with Crippen molar-refractivity contribution in [3.63, 3.8) is 0 Å². The van der Waals surface area contributed by atoms with Crippen molar-refractivity contribution in [3.8, 4) is 0 Å². The number of carbonyl (C=O) groups is 1. The van der Waals surface area contributed by atoms with E-state index in [1.165, 1.54) is 24.3 Å². The van der Waals surface area contributed by atoms with Crippen molar-refractivity contribution in [2.24, 2.45) is 0 Å². The summed E-state index contributed by atoms with van der Waals surface area (Å²) in [4.78, 5) is 12.2. The summed E-state index contributed by atoms with van der Waals surface area (Å²) in [6.07, 6.45) is 0. The van der Waals surface area contributed by atoms with E-state index in [9.17, 15) is 13.2 Å². The highest BCUT2D eigenvalue weighted by atomic mass is 35.5. The zero-order valence-corrected chi connectivity index (χ0v) is 15.9. The molecule has 2 N–H and O–H groups in total. The smallest absolute Gasteiger partial charge is 0.251 e. The number of nitrogens with one attached hydrogen (secondary N) is 2. The Bertz CT molecular complexity index is 839. The van der Waals surface area contributed by atoms with Crippen LogP contribution >= 0.6 is 11.6 Å². The number of carbonyl (C=O) groups excluding carboxylic acids is 1. The van der Waals surface area contributed by atoms with Crippen molar-refractivity contribution in [2.75, 3.05) is 0 Å². The summed E-state index contributed by atoms with van der Waals surface area (Å²) in [6, 6.07) is 12.7. The second-order valence-corrected chi connectivity index (χ2v) is 8.88. The highest BCUT2D eigenvalue weighted by Crippen LogP contribution is 2.14. The molecule has 0 aliphatic heterocycles. The van der Waals surface area contributed by atoms with Gasteiger partial charge < -0.3 is 5.32 Å². The van der Waals surface area contributed by atoms with Gasteiger partial charge in [0, 0.05) is 22.7 Å². The summed E-state index contributed by atoms with van der Waals surface area (Å²) in [5.74, 6) is -0.245. The predicted molar refractivity (Wildman–Crippen MR) is 99.1 cm³/mol. The quantitative estimate of drug-likeness (QED) is 0.835. The van der Waals surface area contributed by atoms with E-state index in [-0.39, 0.29) is 22.9 Å². The molecule has 0 unspecified atom stereocenters. The summed E-state index contributed by atoms with van der Waals surface area (Å²) in [5.41, 5.74) is 0.850. The van der Waals surface area contributed by atoms with Crippen LogP contribution in [0.15, 0.2) is 53.4 Å². The largest absolute Gasteiger partial charge is 0.347 e. The number of rotatable bonds is 5. The Balaban J connectivity index is 2.07. The lowest BCUT2D eigenvalue weighted by atomic mass is 10.1. The third-order valence-electron chi connectivity index (χ3n) is 3.29. The van der Waals surface area contributed by atoms with Crippen molar-refractivity contribution in [3.05, 3.63) is 64.7 Å². The van der Waals surface area contributed by atoms with Gasteiger partial charge in [-0.05, 0) is 62.7 Å². The van der Waals surface area contributed by atoms with Crippen LogP contribution in [0.2, 0.25) is 5.02 Å². The van der Waals surface area contributed by atoms with Gasteiger partial charge in [-0.1, -0.05) is 23.7 Å². The molecule has 0 aromatic heterocycles. The van der Waals surface area contributed by atoms with Gasteiger partial charge in [0.05, 0.1) is 4.90 Å². The van der Waals surface area contributed by atoms with Gasteiger partial charge in [-0.2, -0.15) is 0 Å². The lowest BCUT2D eigenvalue weighted by Gasteiger charge is -2.20. The molecule has 0 spiro atoms. The lowest BCUT2D eigenvalue weighted by molar-refractivity contribution is 0.0919. The van der Waals surface area contributed by atoms with Crippen molar-refractivity contribution < 1.29 is 13.2 Å². The van der Waals surface area contributed by atoms with Crippen molar-refractivity contribution in [1.82, 2.24) is 10.0 Å². The van der Waals surface area contributed by atoms with Crippen LogP contribution in [0.3, 0.4) is 0 Å². The first kappa shape index (κ1) is 19.4. The maximum Gasteiger partial charge on any atom is 0.251 e. The molecule has 134 valence electrons. The molecule has 2 aromatic rings. The van der Waals surface area contributed by atoms with Gasteiger partial charge in [-0.3, -0.25) is 4.79 Å². The Kier molecular flexibility index (Phi) is 5.87. The van der Waals surface area contributed by atoms with Crippen LogP contribution in [0.4, 0.5) is 0 Å². The first-order chi connectivity index (χ1) is 11.6. The summed E-state index contributed by atoms with van der Waals surface area (Å²) in [5, 5.41) is 3.42. The number of amides is 1. The van der Waals surface area contributed by atoms with Gasteiger partial charge >= 0.3 is 0 Å². The van der Waals surface area contributed by atoms with Crippen LogP contribution in [-0.2, 0) is 16.6 Å². The van der Waals surface area contributed by atoms with E-state index in [2.05, 4.69) is 10.0 Å². The molecular formula is C18H21ClN2O3S. The van der Waals surface area contributed by atoms with Gasteiger partial charge in [0.2, 0.25) is 10.0 Å². The van der Waals surface area contributed by atoms with Crippen molar-refractivity contribution >= 4 is 27.5 Å². The minimum Gasteiger partial charge on any atom is -0.347 e. The molecule has 2 rings (SSSR count). The number of sulfonamides is 1. The molecular weight excluding hydrogens is 360 g/mol. The fourth-order valence-electron chi connectivity index (χ4n) is 2.06. The Morgan fingerprint density at radius 2 is 1.56 bits per heavy atom. The fraction of sp³-hybridized carbons (Fsp3) is 0.278. The number of hydrogen-bond acceptors (Lipinski definition) is 3.